The highest BCUT2D eigenvalue weighted by Crippen LogP contribution is 2.36. The minimum absolute atomic E-state index is 0.0680. The molecule has 0 saturated heterocycles. The number of ether oxygens (including phenoxy) is 1. The van der Waals surface area contributed by atoms with Crippen molar-refractivity contribution < 1.29 is 14.6 Å². The normalized spacial score (nSPS) is 11.0. The quantitative estimate of drug-likeness (QED) is 0.411. The van der Waals surface area contributed by atoms with E-state index in [2.05, 4.69) is 15.9 Å². The Kier molecular flexibility index (Phi) is 5.89. The van der Waals surface area contributed by atoms with Gasteiger partial charge in [-0.15, -0.1) is 0 Å². The fraction of sp³-hybridized carbons (Fsp3) is 0.0588. The van der Waals surface area contributed by atoms with Gasteiger partial charge in [-0.05, 0) is 51.8 Å². The summed E-state index contributed by atoms with van der Waals surface area (Å²) in [6, 6.07) is 9.56. The van der Waals surface area contributed by atoms with Crippen LogP contribution in [0.5, 0.6) is 11.5 Å². The molecule has 0 bridgehead atoms. The molecular weight excluding hydrogens is 417 g/mol. The second-order valence-electron chi connectivity index (χ2n) is 4.65. The van der Waals surface area contributed by atoms with E-state index in [1.165, 1.54) is 31.4 Å². The summed E-state index contributed by atoms with van der Waals surface area (Å²) in [5.74, 6) is -0.457. The van der Waals surface area contributed by atoms with Gasteiger partial charge in [0.15, 0.2) is 11.5 Å². The van der Waals surface area contributed by atoms with E-state index < -0.39 is 5.78 Å². The summed E-state index contributed by atoms with van der Waals surface area (Å²) in [4.78, 5) is 12.6. The number of halogens is 3. The van der Waals surface area contributed by atoms with Crippen LogP contribution in [0.1, 0.15) is 15.9 Å². The van der Waals surface area contributed by atoms with Crippen LogP contribution in [-0.2, 0) is 0 Å². The number of hydrogen-bond donors (Lipinski definition) is 1. The molecule has 0 radical (unpaired) electrons. The van der Waals surface area contributed by atoms with E-state index in [0.29, 0.717) is 10.0 Å². The lowest BCUT2D eigenvalue weighted by atomic mass is 10.0. The molecule has 0 atom stereocenters. The Balaban J connectivity index is 2.53. The van der Waals surface area contributed by atoms with E-state index in [9.17, 15) is 15.2 Å². The Morgan fingerprint density at radius 1 is 1.33 bits per heavy atom. The van der Waals surface area contributed by atoms with Gasteiger partial charge in [-0.2, -0.15) is 5.26 Å². The van der Waals surface area contributed by atoms with Gasteiger partial charge in [0.2, 0.25) is 5.78 Å². The maximum Gasteiger partial charge on any atom is 0.206 e. The molecule has 0 saturated carbocycles. The molecule has 24 heavy (non-hydrogen) atoms. The van der Waals surface area contributed by atoms with Gasteiger partial charge in [-0.25, -0.2) is 0 Å². The molecule has 4 nitrogen and oxygen atoms in total. The predicted molar refractivity (Wildman–Crippen MR) is 96.7 cm³/mol. The number of phenolic OH excluding ortho intramolecular Hbond substituents is 1. The van der Waals surface area contributed by atoms with Crippen LogP contribution in [0, 0.1) is 11.3 Å². The van der Waals surface area contributed by atoms with E-state index >= 15 is 0 Å². The lowest BCUT2D eigenvalue weighted by molar-refractivity contribution is 0.104. The van der Waals surface area contributed by atoms with Gasteiger partial charge in [0.1, 0.15) is 11.6 Å². The molecule has 0 aliphatic carbocycles. The first-order valence-corrected chi connectivity index (χ1v) is 8.11. The third-order valence-electron chi connectivity index (χ3n) is 3.14. The molecule has 0 aliphatic heterocycles. The third kappa shape index (κ3) is 3.73. The van der Waals surface area contributed by atoms with Crippen molar-refractivity contribution in [1.29, 1.82) is 5.26 Å². The smallest absolute Gasteiger partial charge is 0.206 e. The molecule has 7 heteroatoms. The van der Waals surface area contributed by atoms with Crippen LogP contribution in [0.25, 0.3) is 6.08 Å². The standard InChI is InChI=1S/C17H10BrCl2NO3/c1-24-14-7-9(6-11(18)17(14)23)5-10(8-21)16(22)15-12(19)3-2-4-13(15)20/h2-7,23H,1H3/b10-5-. The first-order chi connectivity index (χ1) is 11.4. The van der Waals surface area contributed by atoms with Crippen molar-refractivity contribution in [2.24, 2.45) is 0 Å². The number of carbonyl (C=O) groups excluding carboxylic acids is 1. The molecule has 122 valence electrons. The number of aromatic hydroxyl groups is 1. The minimum Gasteiger partial charge on any atom is -0.503 e. The Morgan fingerprint density at radius 2 is 1.96 bits per heavy atom. The van der Waals surface area contributed by atoms with Crippen molar-refractivity contribution in [2.45, 2.75) is 0 Å². The SMILES string of the molecule is COc1cc(/C=C(/C#N)C(=O)c2c(Cl)cccc2Cl)cc(Br)c1O. The summed E-state index contributed by atoms with van der Waals surface area (Å²) in [6.07, 6.45) is 1.37. The van der Waals surface area contributed by atoms with Gasteiger partial charge in [0, 0.05) is 0 Å². The molecule has 0 unspecified atom stereocenters. The van der Waals surface area contributed by atoms with Gasteiger partial charge in [-0.3, -0.25) is 4.79 Å². The molecule has 0 spiro atoms. The molecule has 1 N–H and O–H groups in total. The van der Waals surface area contributed by atoms with E-state index in [1.807, 2.05) is 6.07 Å². The fourth-order valence-electron chi connectivity index (χ4n) is 2.00. The zero-order valence-electron chi connectivity index (χ0n) is 12.3. The van der Waals surface area contributed by atoms with Crippen LogP contribution >= 0.6 is 39.1 Å². The van der Waals surface area contributed by atoms with Crippen LogP contribution in [0.4, 0.5) is 0 Å². The summed E-state index contributed by atoms with van der Waals surface area (Å²) in [5.41, 5.74) is 0.410. The number of carbonyl (C=O) groups is 1. The highest BCUT2D eigenvalue weighted by Gasteiger charge is 2.19. The van der Waals surface area contributed by atoms with E-state index in [1.54, 1.807) is 12.1 Å². The van der Waals surface area contributed by atoms with Crippen LogP contribution in [0.2, 0.25) is 10.0 Å². The Morgan fingerprint density at radius 3 is 2.50 bits per heavy atom. The zero-order valence-corrected chi connectivity index (χ0v) is 15.4. The minimum atomic E-state index is -0.587. The van der Waals surface area contributed by atoms with Crippen molar-refractivity contribution in [3.05, 3.63) is 61.5 Å². The van der Waals surface area contributed by atoms with Gasteiger partial charge < -0.3 is 9.84 Å². The van der Waals surface area contributed by atoms with Crippen molar-refractivity contribution in [3.8, 4) is 17.6 Å². The molecule has 2 aromatic rings. The molecule has 0 fully saturated rings. The number of rotatable bonds is 4. The number of benzene rings is 2. The van der Waals surface area contributed by atoms with E-state index in [0.717, 1.165) is 0 Å². The molecule has 2 rings (SSSR count). The van der Waals surface area contributed by atoms with Crippen molar-refractivity contribution in [2.75, 3.05) is 7.11 Å². The maximum atomic E-state index is 12.6. The van der Waals surface area contributed by atoms with Gasteiger partial charge >= 0.3 is 0 Å². The number of methoxy groups -OCH3 is 1. The number of nitriles is 1. The highest BCUT2D eigenvalue weighted by molar-refractivity contribution is 9.10. The monoisotopic (exact) mass is 425 g/mol. The Labute approximate surface area is 157 Å². The van der Waals surface area contributed by atoms with Crippen molar-refractivity contribution in [3.63, 3.8) is 0 Å². The van der Waals surface area contributed by atoms with Gasteiger partial charge in [0.25, 0.3) is 0 Å². The maximum absolute atomic E-state index is 12.6. The summed E-state index contributed by atoms with van der Waals surface area (Å²) in [7, 11) is 1.40. The number of nitrogens with zero attached hydrogens (tertiary/aromatic N) is 1. The van der Waals surface area contributed by atoms with Crippen molar-refractivity contribution >= 4 is 51.0 Å². The second-order valence-corrected chi connectivity index (χ2v) is 6.32. The number of phenols is 1. The number of hydrogen-bond acceptors (Lipinski definition) is 4. The largest absolute Gasteiger partial charge is 0.503 e. The van der Waals surface area contributed by atoms with E-state index in [4.69, 9.17) is 27.9 Å². The lowest BCUT2D eigenvalue weighted by Gasteiger charge is -2.08. The average molecular weight is 427 g/mol. The Bertz CT molecular complexity index is 868. The summed E-state index contributed by atoms with van der Waals surface area (Å²) < 4.78 is 5.41. The first kappa shape index (κ1) is 18.3. The Hall–Kier alpha value is -2.00. The van der Waals surface area contributed by atoms with Crippen LogP contribution in [0.15, 0.2) is 40.4 Å². The number of ketones is 1. The molecule has 0 aliphatic rings. The summed E-state index contributed by atoms with van der Waals surface area (Å²) in [5, 5.41) is 19.5. The highest BCUT2D eigenvalue weighted by atomic mass is 79.9. The number of Topliss-reactive ketones (excluding diaryl/α,β-unsaturated/α-hetero) is 1. The third-order valence-corrected chi connectivity index (χ3v) is 4.37. The number of allylic oxidation sites excluding steroid dienone is 1. The van der Waals surface area contributed by atoms with Crippen molar-refractivity contribution in [1.82, 2.24) is 0 Å². The van der Waals surface area contributed by atoms with Gasteiger partial charge in [0.05, 0.1) is 27.2 Å². The lowest BCUT2D eigenvalue weighted by Crippen LogP contribution is -2.04. The predicted octanol–water partition coefficient (Wildman–Crippen LogP) is 5.26. The molecule has 0 amide bonds. The molecule has 0 heterocycles. The zero-order chi connectivity index (χ0) is 17.9. The molecule has 0 aromatic heterocycles. The second kappa shape index (κ2) is 7.71. The molecular formula is C17H10BrCl2NO3. The molecule has 2 aromatic carbocycles. The topological polar surface area (TPSA) is 70.3 Å². The fourth-order valence-corrected chi connectivity index (χ4v) is 3.03. The van der Waals surface area contributed by atoms with Crippen LogP contribution in [0.3, 0.4) is 0 Å². The van der Waals surface area contributed by atoms with E-state index in [-0.39, 0.29) is 32.7 Å². The summed E-state index contributed by atoms with van der Waals surface area (Å²) >= 11 is 15.2. The first-order valence-electron chi connectivity index (χ1n) is 6.56. The average Bonchev–Trinajstić information content (AvgIpc) is 2.55. The van der Waals surface area contributed by atoms with Gasteiger partial charge in [-0.1, -0.05) is 29.3 Å². The summed E-state index contributed by atoms with van der Waals surface area (Å²) in [6.45, 7) is 0. The van der Waals surface area contributed by atoms with Crippen LogP contribution in [-0.4, -0.2) is 18.0 Å². The van der Waals surface area contributed by atoms with Crippen LogP contribution < -0.4 is 4.74 Å².